The molecule has 1 atom stereocenters. The quantitative estimate of drug-likeness (QED) is 0.620. The van der Waals surface area contributed by atoms with Crippen LogP contribution in [0.3, 0.4) is 0 Å². The van der Waals surface area contributed by atoms with Gasteiger partial charge in [0.1, 0.15) is 0 Å². The SMILES string of the molecule is CCCCCC(Cc1ccc(OC)c(OC)c1)NCCC. The molecule has 0 saturated heterocycles. The van der Waals surface area contributed by atoms with E-state index in [1.165, 1.54) is 37.7 Å². The van der Waals surface area contributed by atoms with Crippen molar-refractivity contribution in [3.8, 4) is 11.5 Å². The monoisotopic (exact) mass is 293 g/mol. The van der Waals surface area contributed by atoms with Gasteiger partial charge in [-0.05, 0) is 43.5 Å². The van der Waals surface area contributed by atoms with Crippen molar-refractivity contribution >= 4 is 0 Å². The van der Waals surface area contributed by atoms with E-state index in [4.69, 9.17) is 9.47 Å². The van der Waals surface area contributed by atoms with Crippen LogP contribution in [0.15, 0.2) is 18.2 Å². The number of unbranched alkanes of at least 4 members (excludes halogenated alkanes) is 2. The van der Waals surface area contributed by atoms with Gasteiger partial charge < -0.3 is 14.8 Å². The minimum atomic E-state index is 0.551. The van der Waals surface area contributed by atoms with E-state index in [1.54, 1.807) is 14.2 Å². The molecule has 1 aromatic carbocycles. The second-order valence-electron chi connectivity index (χ2n) is 5.54. The molecule has 1 aromatic rings. The van der Waals surface area contributed by atoms with Gasteiger partial charge in [0.15, 0.2) is 11.5 Å². The Hall–Kier alpha value is -1.22. The molecule has 1 N–H and O–H groups in total. The van der Waals surface area contributed by atoms with Crippen LogP contribution in [0.2, 0.25) is 0 Å². The molecule has 0 amide bonds. The Labute approximate surface area is 130 Å². The molecule has 120 valence electrons. The van der Waals surface area contributed by atoms with Gasteiger partial charge in [0.2, 0.25) is 0 Å². The number of benzene rings is 1. The number of ether oxygens (including phenoxy) is 2. The Bertz CT molecular complexity index is 393. The highest BCUT2D eigenvalue weighted by Crippen LogP contribution is 2.28. The third kappa shape index (κ3) is 6.38. The van der Waals surface area contributed by atoms with Crippen molar-refractivity contribution in [1.82, 2.24) is 5.32 Å². The van der Waals surface area contributed by atoms with Crippen molar-refractivity contribution in [2.24, 2.45) is 0 Å². The van der Waals surface area contributed by atoms with Gasteiger partial charge in [-0.2, -0.15) is 0 Å². The number of nitrogens with one attached hydrogen (secondary N) is 1. The van der Waals surface area contributed by atoms with E-state index in [9.17, 15) is 0 Å². The molecule has 1 rings (SSSR count). The van der Waals surface area contributed by atoms with Crippen molar-refractivity contribution in [2.45, 2.75) is 58.4 Å². The minimum absolute atomic E-state index is 0.551. The van der Waals surface area contributed by atoms with E-state index < -0.39 is 0 Å². The zero-order valence-corrected chi connectivity index (χ0v) is 14.1. The molecule has 3 nitrogen and oxygen atoms in total. The highest BCUT2D eigenvalue weighted by atomic mass is 16.5. The maximum Gasteiger partial charge on any atom is 0.160 e. The van der Waals surface area contributed by atoms with E-state index in [2.05, 4.69) is 31.3 Å². The van der Waals surface area contributed by atoms with Crippen molar-refractivity contribution in [3.05, 3.63) is 23.8 Å². The van der Waals surface area contributed by atoms with Crippen molar-refractivity contribution in [1.29, 1.82) is 0 Å². The average molecular weight is 293 g/mol. The van der Waals surface area contributed by atoms with Crippen LogP contribution in [-0.4, -0.2) is 26.8 Å². The second-order valence-corrected chi connectivity index (χ2v) is 5.54. The van der Waals surface area contributed by atoms with Gasteiger partial charge in [-0.3, -0.25) is 0 Å². The number of rotatable bonds is 11. The molecule has 0 aromatic heterocycles. The fourth-order valence-electron chi connectivity index (χ4n) is 2.56. The van der Waals surface area contributed by atoms with Gasteiger partial charge in [0.05, 0.1) is 14.2 Å². The molecule has 0 heterocycles. The summed E-state index contributed by atoms with van der Waals surface area (Å²) in [4.78, 5) is 0. The Morgan fingerprint density at radius 3 is 2.38 bits per heavy atom. The van der Waals surface area contributed by atoms with Crippen molar-refractivity contribution in [2.75, 3.05) is 20.8 Å². The topological polar surface area (TPSA) is 30.5 Å². The normalized spacial score (nSPS) is 12.2. The van der Waals surface area contributed by atoms with Crippen LogP contribution in [0.4, 0.5) is 0 Å². The van der Waals surface area contributed by atoms with Gasteiger partial charge >= 0.3 is 0 Å². The summed E-state index contributed by atoms with van der Waals surface area (Å²) in [5.41, 5.74) is 1.30. The van der Waals surface area contributed by atoms with Crippen LogP contribution in [-0.2, 0) is 6.42 Å². The zero-order chi connectivity index (χ0) is 15.5. The lowest BCUT2D eigenvalue weighted by molar-refractivity contribution is 0.354. The first kappa shape index (κ1) is 17.8. The molecule has 0 saturated carbocycles. The Balaban J connectivity index is 2.67. The van der Waals surface area contributed by atoms with Gasteiger partial charge in [0, 0.05) is 6.04 Å². The van der Waals surface area contributed by atoms with Crippen molar-refractivity contribution < 1.29 is 9.47 Å². The summed E-state index contributed by atoms with van der Waals surface area (Å²) < 4.78 is 10.7. The first-order chi connectivity index (χ1) is 10.2. The molecule has 1 unspecified atom stereocenters. The maximum absolute atomic E-state index is 5.39. The van der Waals surface area contributed by atoms with E-state index in [0.29, 0.717) is 6.04 Å². The van der Waals surface area contributed by atoms with E-state index >= 15 is 0 Å². The summed E-state index contributed by atoms with van der Waals surface area (Å²) in [7, 11) is 3.36. The van der Waals surface area contributed by atoms with Crippen LogP contribution < -0.4 is 14.8 Å². The number of methoxy groups -OCH3 is 2. The summed E-state index contributed by atoms with van der Waals surface area (Å²) in [6.45, 7) is 5.55. The predicted octanol–water partition coefficient (Wildman–Crippen LogP) is 4.19. The lowest BCUT2D eigenvalue weighted by Crippen LogP contribution is -2.31. The van der Waals surface area contributed by atoms with Crippen LogP contribution in [0.5, 0.6) is 11.5 Å². The first-order valence-electron chi connectivity index (χ1n) is 8.19. The average Bonchev–Trinajstić information content (AvgIpc) is 2.52. The minimum Gasteiger partial charge on any atom is -0.493 e. The summed E-state index contributed by atoms with van der Waals surface area (Å²) in [6.07, 6.45) is 7.35. The molecule has 0 aliphatic heterocycles. The van der Waals surface area contributed by atoms with Crippen LogP contribution in [0, 0.1) is 0 Å². The highest BCUT2D eigenvalue weighted by Gasteiger charge is 2.11. The maximum atomic E-state index is 5.39. The molecule has 0 aliphatic rings. The Morgan fingerprint density at radius 1 is 1.00 bits per heavy atom. The molecular weight excluding hydrogens is 262 g/mol. The second kappa shape index (κ2) is 10.5. The summed E-state index contributed by atoms with van der Waals surface area (Å²) in [5.74, 6) is 1.61. The Morgan fingerprint density at radius 2 is 1.76 bits per heavy atom. The molecule has 0 fully saturated rings. The standard InChI is InChI=1S/C18H31NO2/c1-5-7-8-9-16(19-12-6-2)13-15-10-11-17(20-3)18(14-15)21-4/h10-11,14,16,19H,5-9,12-13H2,1-4H3. The lowest BCUT2D eigenvalue weighted by atomic mass is 10.00. The summed E-state index contributed by atoms with van der Waals surface area (Å²) >= 11 is 0. The number of hydrogen-bond donors (Lipinski definition) is 1. The fraction of sp³-hybridized carbons (Fsp3) is 0.667. The smallest absolute Gasteiger partial charge is 0.160 e. The van der Waals surface area contributed by atoms with Gasteiger partial charge in [-0.15, -0.1) is 0 Å². The summed E-state index contributed by atoms with van der Waals surface area (Å²) in [6, 6.07) is 6.78. The predicted molar refractivity (Wildman–Crippen MR) is 89.5 cm³/mol. The van der Waals surface area contributed by atoms with Crippen molar-refractivity contribution in [3.63, 3.8) is 0 Å². The largest absolute Gasteiger partial charge is 0.493 e. The Kier molecular flexibility index (Phi) is 8.91. The van der Waals surface area contributed by atoms with Crippen LogP contribution >= 0.6 is 0 Å². The van der Waals surface area contributed by atoms with Gasteiger partial charge in [0.25, 0.3) is 0 Å². The zero-order valence-electron chi connectivity index (χ0n) is 14.1. The molecule has 0 bridgehead atoms. The van der Waals surface area contributed by atoms with E-state index in [0.717, 1.165) is 24.5 Å². The van der Waals surface area contributed by atoms with Gasteiger partial charge in [-0.25, -0.2) is 0 Å². The van der Waals surface area contributed by atoms with Crippen LogP contribution in [0.25, 0.3) is 0 Å². The third-order valence-electron chi connectivity index (χ3n) is 3.77. The molecule has 0 spiro atoms. The lowest BCUT2D eigenvalue weighted by Gasteiger charge is -2.19. The fourth-order valence-corrected chi connectivity index (χ4v) is 2.56. The molecule has 0 aliphatic carbocycles. The van der Waals surface area contributed by atoms with Gasteiger partial charge in [-0.1, -0.05) is 39.2 Å². The molecule has 21 heavy (non-hydrogen) atoms. The van der Waals surface area contributed by atoms with Crippen LogP contribution in [0.1, 0.15) is 51.5 Å². The molecule has 0 radical (unpaired) electrons. The van der Waals surface area contributed by atoms with E-state index in [1.807, 2.05) is 6.07 Å². The molecular formula is C18H31NO2. The highest BCUT2D eigenvalue weighted by molar-refractivity contribution is 5.43. The summed E-state index contributed by atoms with van der Waals surface area (Å²) in [5, 5.41) is 3.67. The number of hydrogen-bond acceptors (Lipinski definition) is 3. The van der Waals surface area contributed by atoms with E-state index in [-0.39, 0.29) is 0 Å². The molecule has 3 heteroatoms. The first-order valence-corrected chi connectivity index (χ1v) is 8.19. The third-order valence-corrected chi connectivity index (χ3v) is 3.77.